The lowest BCUT2D eigenvalue weighted by atomic mass is 10.1. The summed E-state index contributed by atoms with van der Waals surface area (Å²) in [5.74, 6) is -0.125. The summed E-state index contributed by atoms with van der Waals surface area (Å²) in [5.41, 5.74) is 2.11. The average Bonchev–Trinajstić information content (AvgIpc) is 2.55. The van der Waals surface area contributed by atoms with E-state index in [9.17, 15) is 4.79 Å². The summed E-state index contributed by atoms with van der Waals surface area (Å²) in [6.45, 7) is 4.75. The van der Waals surface area contributed by atoms with Gasteiger partial charge in [-0.3, -0.25) is 9.78 Å². The Labute approximate surface area is 140 Å². The molecule has 2 atom stereocenters. The van der Waals surface area contributed by atoms with Crippen LogP contribution in [0.2, 0.25) is 5.02 Å². The average molecular weight is 332 g/mol. The van der Waals surface area contributed by atoms with Gasteiger partial charge in [0.1, 0.15) is 11.8 Å². The normalized spacial score (nSPS) is 21.3. The number of halogens is 1. The van der Waals surface area contributed by atoms with Gasteiger partial charge >= 0.3 is 0 Å². The molecular weight excluding hydrogens is 314 g/mol. The van der Waals surface area contributed by atoms with Gasteiger partial charge in [-0.1, -0.05) is 23.7 Å². The maximum Gasteiger partial charge on any atom is 0.274 e. The van der Waals surface area contributed by atoms with E-state index < -0.39 is 0 Å². The molecule has 2 unspecified atom stereocenters. The van der Waals surface area contributed by atoms with Crippen LogP contribution >= 0.6 is 11.6 Å². The molecule has 0 aliphatic carbocycles. The number of aryl methyl sites for hydroxylation is 1. The maximum atomic E-state index is 12.7. The van der Waals surface area contributed by atoms with E-state index in [-0.39, 0.29) is 18.1 Å². The number of ether oxygens (including phenoxy) is 1. The Bertz CT molecular complexity index is 705. The third kappa shape index (κ3) is 3.51. The summed E-state index contributed by atoms with van der Waals surface area (Å²) in [4.78, 5) is 22.8. The van der Waals surface area contributed by atoms with Crippen molar-refractivity contribution in [3.05, 3.63) is 58.6 Å². The van der Waals surface area contributed by atoms with Gasteiger partial charge in [0.2, 0.25) is 0 Å². The molecule has 23 heavy (non-hydrogen) atoms. The van der Waals surface area contributed by atoms with Gasteiger partial charge in [0.05, 0.1) is 31.1 Å². The molecule has 1 aromatic heterocycles. The van der Waals surface area contributed by atoms with E-state index in [4.69, 9.17) is 16.3 Å². The Hall–Kier alpha value is -1.98. The monoisotopic (exact) mass is 331 g/mol. The number of carbonyl (C=O) groups excluding carboxylic acids is 1. The maximum absolute atomic E-state index is 12.7. The zero-order chi connectivity index (χ0) is 16.4. The molecule has 5 nitrogen and oxygen atoms in total. The van der Waals surface area contributed by atoms with Crippen molar-refractivity contribution < 1.29 is 9.53 Å². The first-order valence-corrected chi connectivity index (χ1v) is 7.89. The lowest BCUT2D eigenvalue weighted by Gasteiger charge is -2.38. The molecule has 0 spiro atoms. The third-order valence-electron chi connectivity index (χ3n) is 3.91. The summed E-state index contributed by atoms with van der Waals surface area (Å²) in [6, 6.07) is 7.52. The van der Waals surface area contributed by atoms with Gasteiger partial charge in [-0.15, -0.1) is 0 Å². The fourth-order valence-electron chi connectivity index (χ4n) is 2.60. The van der Waals surface area contributed by atoms with E-state index in [1.807, 2.05) is 38.1 Å². The number of carbonyl (C=O) groups is 1. The molecule has 1 aliphatic rings. The first kappa shape index (κ1) is 15.9. The zero-order valence-corrected chi connectivity index (χ0v) is 13.8. The van der Waals surface area contributed by atoms with Crippen molar-refractivity contribution in [3.63, 3.8) is 0 Å². The minimum Gasteiger partial charge on any atom is -0.370 e. The van der Waals surface area contributed by atoms with Crippen LogP contribution in [-0.2, 0) is 4.74 Å². The quantitative estimate of drug-likeness (QED) is 0.848. The van der Waals surface area contributed by atoms with Crippen molar-refractivity contribution in [1.82, 2.24) is 14.9 Å². The number of rotatable bonds is 2. The van der Waals surface area contributed by atoms with Crippen LogP contribution in [0.25, 0.3) is 0 Å². The van der Waals surface area contributed by atoms with Crippen molar-refractivity contribution in [2.45, 2.75) is 26.0 Å². The summed E-state index contributed by atoms with van der Waals surface area (Å²) < 4.78 is 5.88. The van der Waals surface area contributed by atoms with E-state index in [1.54, 1.807) is 11.1 Å². The van der Waals surface area contributed by atoms with Crippen LogP contribution < -0.4 is 0 Å². The second-order valence-corrected chi connectivity index (χ2v) is 6.16. The predicted octanol–water partition coefficient (Wildman–Crippen LogP) is 3.04. The van der Waals surface area contributed by atoms with Gasteiger partial charge in [0, 0.05) is 11.2 Å². The van der Waals surface area contributed by atoms with Gasteiger partial charge < -0.3 is 9.64 Å². The fraction of sp³-hybridized carbons (Fsp3) is 0.353. The van der Waals surface area contributed by atoms with Crippen molar-refractivity contribution in [1.29, 1.82) is 0 Å². The van der Waals surface area contributed by atoms with E-state index in [0.717, 1.165) is 11.3 Å². The van der Waals surface area contributed by atoms with Crippen LogP contribution in [0, 0.1) is 6.92 Å². The number of hydrogen-bond donors (Lipinski definition) is 0. The molecule has 0 bridgehead atoms. The van der Waals surface area contributed by atoms with E-state index in [2.05, 4.69) is 9.97 Å². The molecule has 1 amide bonds. The van der Waals surface area contributed by atoms with Crippen LogP contribution in [0.5, 0.6) is 0 Å². The summed E-state index contributed by atoms with van der Waals surface area (Å²) in [6.07, 6.45) is 2.94. The van der Waals surface area contributed by atoms with Crippen LogP contribution in [0.1, 0.15) is 34.8 Å². The lowest BCUT2D eigenvalue weighted by molar-refractivity contribution is -0.0488. The molecule has 120 valence electrons. The van der Waals surface area contributed by atoms with Gasteiger partial charge in [0.25, 0.3) is 5.91 Å². The lowest BCUT2D eigenvalue weighted by Crippen LogP contribution is -2.48. The molecule has 2 aromatic rings. The second kappa shape index (κ2) is 6.64. The zero-order valence-electron chi connectivity index (χ0n) is 13.1. The molecule has 1 fully saturated rings. The fourth-order valence-corrected chi connectivity index (χ4v) is 2.80. The first-order chi connectivity index (χ1) is 11.0. The number of morpholine rings is 1. The number of nitrogens with zero attached hydrogens (tertiary/aromatic N) is 3. The molecule has 1 aromatic carbocycles. The van der Waals surface area contributed by atoms with Crippen LogP contribution in [0.15, 0.2) is 36.7 Å². The second-order valence-electron chi connectivity index (χ2n) is 5.73. The highest BCUT2D eigenvalue weighted by molar-refractivity contribution is 6.30. The van der Waals surface area contributed by atoms with Crippen LogP contribution in [0.3, 0.4) is 0 Å². The Kier molecular flexibility index (Phi) is 4.59. The third-order valence-corrected chi connectivity index (χ3v) is 4.15. The van der Waals surface area contributed by atoms with Crippen molar-refractivity contribution in [3.8, 4) is 0 Å². The largest absolute Gasteiger partial charge is 0.370 e. The van der Waals surface area contributed by atoms with E-state index in [1.165, 1.54) is 6.20 Å². The highest BCUT2D eigenvalue weighted by Gasteiger charge is 2.31. The molecule has 0 radical (unpaired) electrons. The van der Waals surface area contributed by atoms with Crippen molar-refractivity contribution >= 4 is 17.5 Å². The van der Waals surface area contributed by atoms with Crippen LogP contribution in [0.4, 0.5) is 0 Å². The number of hydrogen-bond acceptors (Lipinski definition) is 4. The van der Waals surface area contributed by atoms with Crippen molar-refractivity contribution in [2.24, 2.45) is 0 Å². The molecule has 1 aliphatic heterocycles. The Balaban J connectivity index is 1.80. The first-order valence-electron chi connectivity index (χ1n) is 7.51. The number of amides is 1. The molecular formula is C17H18ClN3O2. The Morgan fingerprint density at radius 3 is 2.87 bits per heavy atom. The van der Waals surface area contributed by atoms with Crippen LogP contribution in [-0.4, -0.2) is 40.0 Å². The van der Waals surface area contributed by atoms with Gasteiger partial charge in [-0.2, -0.15) is 0 Å². The SMILES string of the molecule is Cc1cnc(C(=O)N2CC(c3cccc(Cl)c3)OCC2C)cn1. The number of benzene rings is 1. The molecule has 0 N–H and O–H groups in total. The van der Waals surface area contributed by atoms with E-state index >= 15 is 0 Å². The smallest absolute Gasteiger partial charge is 0.274 e. The highest BCUT2D eigenvalue weighted by Crippen LogP contribution is 2.27. The van der Waals surface area contributed by atoms with Gasteiger partial charge in [-0.25, -0.2) is 4.98 Å². The summed E-state index contributed by atoms with van der Waals surface area (Å²) in [5, 5.41) is 0.659. The standard InChI is InChI=1S/C17H18ClN3O2/c1-11-7-20-15(8-19-11)17(22)21-9-16(23-10-12(21)2)13-4-3-5-14(18)6-13/h3-8,12,16H,9-10H2,1-2H3. The van der Waals surface area contributed by atoms with Gasteiger partial charge in [0.15, 0.2) is 0 Å². The molecule has 3 rings (SSSR count). The number of aromatic nitrogens is 2. The molecule has 6 heteroatoms. The molecule has 2 heterocycles. The molecule has 0 saturated carbocycles. The van der Waals surface area contributed by atoms with Gasteiger partial charge in [-0.05, 0) is 31.5 Å². The minimum atomic E-state index is -0.188. The van der Waals surface area contributed by atoms with Crippen molar-refractivity contribution in [2.75, 3.05) is 13.2 Å². The Morgan fingerprint density at radius 1 is 1.35 bits per heavy atom. The minimum absolute atomic E-state index is 0.0129. The topological polar surface area (TPSA) is 55.3 Å². The summed E-state index contributed by atoms with van der Waals surface area (Å²) in [7, 11) is 0. The molecule has 1 saturated heterocycles. The highest BCUT2D eigenvalue weighted by atomic mass is 35.5. The predicted molar refractivity (Wildman–Crippen MR) is 87.4 cm³/mol. The van der Waals surface area contributed by atoms with E-state index in [0.29, 0.717) is 23.9 Å². The summed E-state index contributed by atoms with van der Waals surface area (Å²) >= 11 is 6.05. The Morgan fingerprint density at radius 2 is 2.17 bits per heavy atom.